The number of carbonyl (C=O) groups excluding carboxylic acids is 3. The Bertz CT molecular complexity index is 313. The van der Waals surface area contributed by atoms with Gasteiger partial charge in [-0.3, -0.25) is 9.59 Å². The third kappa shape index (κ3) is 4.47. The molecule has 1 heterocycles. The molecule has 6 heteroatoms. The lowest BCUT2D eigenvalue weighted by molar-refractivity contribution is -0.164. The number of nitrogens with one attached hydrogen (secondary N) is 1. The fourth-order valence-electron chi connectivity index (χ4n) is 1.65. The topological polar surface area (TPSA) is 72.5 Å². The van der Waals surface area contributed by atoms with Crippen molar-refractivity contribution in [3.63, 3.8) is 0 Å². The molecule has 1 saturated heterocycles. The fraction of sp³-hybridized carbons (Fsp3) is 0.727. The molecule has 2 atom stereocenters. The van der Waals surface area contributed by atoms with Gasteiger partial charge < -0.3 is 10.1 Å². The molecule has 0 aromatic carbocycles. The molecule has 0 bridgehead atoms. The van der Waals surface area contributed by atoms with E-state index in [1.807, 2.05) is 0 Å². The van der Waals surface area contributed by atoms with Gasteiger partial charge in [0.05, 0.1) is 5.92 Å². The van der Waals surface area contributed by atoms with Crippen molar-refractivity contribution in [3.8, 4) is 0 Å². The Morgan fingerprint density at radius 2 is 2.18 bits per heavy atom. The van der Waals surface area contributed by atoms with E-state index >= 15 is 0 Å². The van der Waals surface area contributed by atoms with E-state index in [2.05, 4.69) is 17.9 Å². The van der Waals surface area contributed by atoms with Crippen molar-refractivity contribution in [2.24, 2.45) is 5.92 Å². The molecule has 1 unspecified atom stereocenters. The summed E-state index contributed by atoms with van der Waals surface area (Å²) in [5.74, 6) is -1.82. The molecule has 1 aliphatic rings. The van der Waals surface area contributed by atoms with Crippen LogP contribution < -0.4 is 5.32 Å². The van der Waals surface area contributed by atoms with E-state index in [4.69, 9.17) is 4.74 Å². The molecular formula is C11H17NO4S. The minimum absolute atomic E-state index is 0.0632. The molecule has 1 rings (SSSR count). The quantitative estimate of drug-likeness (QED) is 0.423. The second-order valence-electron chi connectivity index (χ2n) is 4.19. The van der Waals surface area contributed by atoms with Crippen molar-refractivity contribution in [1.29, 1.82) is 0 Å². The number of rotatable bonds is 5. The van der Waals surface area contributed by atoms with Gasteiger partial charge in [-0.15, -0.1) is 0 Å². The van der Waals surface area contributed by atoms with Crippen LogP contribution in [0.1, 0.15) is 26.2 Å². The Labute approximate surface area is 106 Å². The average molecular weight is 259 g/mol. The first kappa shape index (κ1) is 14.2. The maximum absolute atomic E-state index is 11.5. The first-order valence-electron chi connectivity index (χ1n) is 5.66. The van der Waals surface area contributed by atoms with Crippen LogP contribution in [0.5, 0.6) is 0 Å². The van der Waals surface area contributed by atoms with Crippen LogP contribution in [0.2, 0.25) is 0 Å². The number of hydrogen-bond donors (Lipinski definition) is 2. The van der Waals surface area contributed by atoms with Crippen LogP contribution in [0, 0.1) is 5.92 Å². The minimum atomic E-state index is -0.640. The molecule has 1 fully saturated rings. The molecule has 0 aromatic heterocycles. The van der Waals surface area contributed by atoms with Crippen molar-refractivity contribution in [2.75, 3.05) is 12.3 Å². The first-order valence-corrected chi connectivity index (χ1v) is 6.29. The molecule has 17 heavy (non-hydrogen) atoms. The first-order chi connectivity index (χ1) is 8.04. The van der Waals surface area contributed by atoms with Crippen LogP contribution in [-0.4, -0.2) is 36.1 Å². The lowest BCUT2D eigenvalue weighted by Gasteiger charge is -2.12. The predicted molar refractivity (Wildman–Crippen MR) is 64.8 cm³/mol. The molecule has 0 saturated carbocycles. The van der Waals surface area contributed by atoms with Gasteiger partial charge in [0.1, 0.15) is 11.8 Å². The predicted octanol–water partition coefficient (Wildman–Crippen LogP) is 0.333. The third-order valence-corrected chi connectivity index (χ3v) is 3.01. The minimum Gasteiger partial charge on any atom is -0.392 e. The normalized spacial score (nSPS) is 20.9. The Morgan fingerprint density at radius 3 is 2.71 bits per heavy atom. The van der Waals surface area contributed by atoms with E-state index in [9.17, 15) is 14.4 Å². The summed E-state index contributed by atoms with van der Waals surface area (Å²) in [4.78, 5) is 34.1. The molecule has 1 N–H and O–H groups in total. The maximum Gasteiger partial charge on any atom is 0.330 e. The van der Waals surface area contributed by atoms with Gasteiger partial charge in [-0.25, -0.2) is 4.79 Å². The van der Waals surface area contributed by atoms with E-state index in [0.717, 1.165) is 13.0 Å². The monoisotopic (exact) mass is 259 g/mol. The molecule has 0 aromatic rings. The number of carbonyl (C=O) groups is 3. The Kier molecular flexibility index (Phi) is 5.64. The van der Waals surface area contributed by atoms with Gasteiger partial charge in [-0.1, -0.05) is 6.92 Å². The Morgan fingerprint density at radius 1 is 1.47 bits per heavy atom. The fourth-order valence-corrected chi connectivity index (χ4v) is 1.78. The summed E-state index contributed by atoms with van der Waals surface area (Å²) in [6.07, 6.45) is 1.66. The van der Waals surface area contributed by atoms with Crippen molar-refractivity contribution < 1.29 is 19.1 Å². The number of hydrogen-bond acceptors (Lipinski definition) is 6. The van der Waals surface area contributed by atoms with E-state index in [1.165, 1.54) is 0 Å². The maximum atomic E-state index is 11.5. The highest BCUT2D eigenvalue weighted by Crippen LogP contribution is 2.10. The molecule has 0 radical (unpaired) electrons. The summed E-state index contributed by atoms with van der Waals surface area (Å²) in [6, 6.07) is -0.383. The standard InChI is InChI=1S/C11H17NO4S/c1-7(5-8(13)6-17)10(14)16-11(15)9-3-2-4-12-9/h7,9,12,17H,2-6H2,1H3/t7-,9?/m0/s1. The van der Waals surface area contributed by atoms with Gasteiger partial charge in [-0.05, 0) is 19.4 Å². The van der Waals surface area contributed by atoms with E-state index in [1.54, 1.807) is 6.92 Å². The Hall–Kier alpha value is -0.880. The summed E-state index contributed by atoms with van der Waals surface area (Å²) in [5.41, 5.74) is 0. The summed E-state index contributed by atoms with van der Waals surface area (Å²) in [7, 11) is 0. The van der Waals surface area contributed by atoms with Crippen LogP contribution in [0.15, 0.2) is 0 Å². The number of ether oxygens (including phenoxy) is 1. The zero-order chi connectivity index (χ0) is 12.8. The second-order valence-corrected chi connectivity index (χ2v) is 4.51. The van der Waals surface area contributed by atoms with Gasteiger partial charge in [0.2, 0.25) is 0 Å². The number of Topliss-reactive ketones (excluding diaryl/α,β-unsaturated/α-hetero) is 1. The molecular weight excluding hydrogens is 242 g/mol. The largest absolute Gasteiger partial charge is 0.392 e. The van der Waals surface area contributed by atoms with Gasteiger partial charge in [-0.2, -0.15) is 12.6 Å². The van der Waals surface area contributed by atoms with E-state index in [-0.39, 0.29) is 24.0 Å². The summed E-state index contributed by atoms with van der Waals surface area (Å²) < 4.78 is 4.72. The number of thiol groups is 1. The molecule has 5 nitrogen and oxygen atoms in total. The van der Waals surface area contributed by atoms with Crippen LogP contribution in [-0.2, 0) is 19.1 Å². The van der Waals surface area contributed by atoms with Crippen molar-refractivity contribution in [2.45, 2.75) is 32.2 Å². The van der Waals surface area contributed by atoms with Gasteiger partial charge in [0.15, 0.2) is 0 Å². The summed E-state index contributed by atoms with van der Waals surface area (Å²) in [5, 5.41) is 2.95. The summed E-state index contributed by atoms with van der Waals surface area (Å²) in [6.45, 7) is 2.33. The molecule has 0 amide bonds. The molecule has 0 aliphatic carbocycles. The second kappa shape index (κ2) is 6.76. The zero-order valence-electron chi connectivity index (χ0n) is 9.77. The van der Waals surface area contributed by atoms with Crippen LogP contribution in [0.25, 0.3) is 0 Å². The SMILES string of the molecule is C[C@@H](CC(=O)CS)C(=O)OC(=O)C1CCCN1. The smallest absolute Gasteiger partial charge is 0.330 e. The highest BCUT2D eigenvalue weighted by atomic mass is 32.1. The number of ketones is 1. The summed E-state index contributed by atoms with van der Waals surface area (Å²) >= 11 is 3.82. The lowest BCUT2D eigenvalue weighted by atomic mass is 10.1. The van der Waals surface area contributed by atoms with Crippen LogP contribution >= 0.6 is 12.6 Å². The van der Waals surface area contributed by atoms with Crippen molar-refractivity contribution in [1.82, 2.24) is 5.32 Å². The van der Waals surface area contributed by atoms with Gasteiger partial charge in [0.25, 0.3) is 0 Å². The van der Waals surface area contributed by atoms with Gasteiger partial charge in [0, 0.05) is 12.2 Å². The van der Waals surface area contributed by atoms with Crippen molar-refractivity contribution >= 4 is 30.4 Å². The van der Waals surface area contributed by atoms with Gasteiger partial charge >= 0.3 is 11.9 Å². The van der Waals surface area contributed by atoms with E-state index < -0.39 is 17.9 Å². The van der Waals surface area contributed by atoms with Crippen LogP contribution in [0.3, 0.4) is 0 Å². The van der Waals surface area contributed by atoms with E-state index in [0.29, 0.717) is 6.42 Å². The molecule has 96 valence electrons. The lowest BCUT2D eigenvalue weighted by Crippen LogP contribution is -2.35. The third-order valence-electron chi connectivity index (χ3n) is 2.66. The number of esters is 2. The highest BCUT2D eigenvalue weighted by Gasteiger charge is 2.27. The van der Waals surface area contributed by atoms with Crippen LogP contribution in [0.4, 0.5) is 0 Å². The molecule has 1 aliphatic heterocycles. The Balaban J connectivity index is 2.37. The molecule has 0 spiro atoms. The zero-order valence-corrected chi connectivity index (χ0v) is 10.7. The average Bonchev–Trinajstić information content (AvgIpc) is 2.82. The highest BCUT2D eigenvalue weighted by molar-refractivity contribution is 7.81. The van der Waals surface area contributed by atoms with Crippen molar-refractivity contribution in [3.05, 3.63) is 0 Å².